The number of nitrogen functional groups attached to an aromatic ring is 1. The highest BCUT2D eigenvalue weighted by Gasteiger charge is 2.13. The first-order chi connectivity index (χ1) is 11.6. The van der Waals surface area contributed by atoms with Gasteiger partial charge in [0, 0.05) is 29.6 Å². The molecule has 0 radical (unpaired) electrons. The van der Waals surface area contributed by atoms with Gasteiger partial charge in [-0.3, -0.25) is 4.79 Å². The summed E-state index contributed by atoms with van der Waals surface area (Å²) in [5.41, 5.74) is 7.72. The Morgan fingerprint density at radius 1 is 1.00 bits per heavy atom. The van der Waals surface area contributed by atoms with Crippen LogP contribution in [0.15, 0.2) is 42.5 Å². The van der Waals surface area contributed by atoms with E-state index >= 15 is 0 Å². The lowest BCUT2D eigenvalue weighted by Crippen LogP contribution is -2.08. The van der Waals surface area contributed by atoms with Crippen LogP contribution in [0.2, 0.25) is 0 Å². The number of benzene rings is 2. The second-order valence-electron chi connectivity index (χ2n) is 4.90. The molecule has 0 aromatic heterocycles. The molecule has 6 nitrogen and oxygen atoms in total. The number of anilines is 2. The molecule has 3 N–H and O–H groups in total. The lowest BCUT2D eigenvalue weighted by molar-refractivity contribution is -0.111. The predicted molar refractivity (Wildman–Crippen MR) is 94.6 cm³/mol. The lowest BCUT2D eigenvalue weighted by atomic mass is 10.2. The molecule has 24 heavy (non-hydrogen) atoms. The van der Waals surface area contributed by atoms with Gasteiger partial charge in [-0.2, -0.15) is 0 Å². The van der Waals surface area contributed by atoms with Crippen molar-refractivity contribution in [3.63, 3.8) is 0 Å². The first kappa shape index (κ1) is 17.2. The number of nitrogens with one attached hydrogen (secondary N) is 1. The minimum Gasteiger partial charge on any atom is -0.493 e. The predicted octanol–water partition coefficient (Wildman–Crippen LogP) is 2.95. The summed E-state index contributed by atoms with van der Waals surface area (Å²) in [6, 6.07) is 10.5. The molecule has 2 rings (SSSR count). The summed E-state index contributed by atoms with van der Waals surface area (Å²) in [6.07, 6.45) is 3.14. The van der Waals surface area contributed by atoms with Crippen LogP contribution < -0.4 is 25.3 Å². The van der Waals surface area contributed by atoms with Crippen molar-refractivity contribution in [1.82, 2.24) is 0 Å². The van der Waals surface area contributed by atoms with Gasteiger partial charge in [0.15, 0.2) is 11.5 Å². The molecule has 1 amide bonds. The van der Waals surface area contributed by atoms with Crippen molar-refractivity contribution in [2.45, 2.75) is 0 Å². The molecule has 0 aliphatic rings. The highest BCUT2D eigenvalue weighted by Crippen LogP contribution is 2.39. The van der Waals surface area contributed by atoms with Crippen LogP contribution in [0.5, 0.6) is 17.2 Å². The average Bonchev–Trinajstić information content (AvgIpc) is 2.60. The second kappa shape index (κ2) is 7.92. The van der Waals surface area contributed by atoms with Gasteiger partial charge in [-0.15, -0.1) is 0 Å². The lowest BCUT2D eigenvalue weighted by Gasteiger charge is -2.14. The molecule has 2 aromatic carbocycles. The SMILES string of the molecule is COc1cc(NC(=O)/C=C/c2ccc(N)cc2)cc(OC)c1OC. The fourth-order valence-electron chi connectivity index (χ4n) is 2.12. The van der Waals surface area contributed by atoms with Gasteiger partial charge in [-0.05, 0) is 23.8 Å². The van der Waals surface area contributed by atoms with Crippen LogP contribution in [0.25, 0.3) is 6.08 Å². The van der Waals surface area contributed by atoms with Crippen molar-refractivity contribution in [1.29, 1.82) is 0 Å². The van der Waals surface area contributed by atoms with E-state index in [1.54, 1.807) is 30.3 Å². The number of ether oxygens (including phenoxy) is 3. The third-order valence-corrected chi connectivity index (χ3v) is 3.30. The summed E-state index contributed by atoms with van der Waals surface area (Å²) in [5, 5.41) is 2.76. The van der Waals surface area contributed by atoms with Crippen LogP contribution >= 0.6 is 0 Å². The molecule has 0 unspecified atom stereocenters. The maximum absolute atomic E-state index is 12.1. The van der Waals surface area contributed by atoms with E-state index in [2.05, 4.69) is 5.32 Å². The quantitative estimate of drug-likeness (QED) is 0.629. The molecule has 0 saturated heterocycles. The molecule has 0 spiro atoms. The van der Waals surface area contributed by atoms with Crippen molar-refractivity contribution in [3.05, 3.63) is 48.0 Å². The second-order valence-corrected chi connectivity index (χ2v) is 4.90. The van der Waals surface area contributed by atoms with E-state index in [4.69, 9.17) is 19.9 Å². The smallest absolute Gasteiger partial charge is 0.248 e. The molecular weight excluding hydrogens is 308 g/mol. The Hall–Kier alpha value is -3.15. The Kier molecular flexibility index (Phi) is 5.68. The Morgan fingerprint density at radius 2 is 1.58 bits per heavy atom. The minimum absolute atomic E-state index is 0.277. The van der Waals surface area contributed by atoms with E-state index in [9.17, 15) is 4.79 Å². The first-order valence-electron chi connectivity index (χ1n) is 7.22. The number of rotatable bonds is 6. The van der Waals surface area contributed by atoms with Crippen LogP contribution in [-0.2, 0) is 4.79 Å². The van der Waals surface area contributed by atoms with E-state index in [1.807, 2.05) is 12.1 Å². The molecule has 0 aliphatic heterocycles. The molecule has 0 saturated carbocycles. The molecule has 0 atom stereocenters. The monoisotopic (exact) mass is 328 g/mol. The van der Waals surface area contributed by atoms with Gasteiger partial charge in [-0.25, -0.2) is 0 Å². The Morgan fingerprint density at radius 3 is 2.08 bits per heavy atom. The highest BCUT2D eigenvalue weighted by atomic mass is 16.5. The first-order valence-corrected chi connectivity index (χ1v) is 7.22. The number of amides is 1. The number of hydrogen-bond donors (Lipinski definition) is 2. The Labute approximate surface area is 140 Å². The molecule has 0 fully saturated rings. The number of methoxy groups -OCH3 is 3. The van der Waals surface area contributed by atoms with Crippen molar-refractivity contribution in [3.8, 4) is 17.2 Å². The summed E-state index contributed by atoms with van der Waals surface area (Å²) in [5.74, 6) is 1.13. The standard InChI is InChI=1S/C18H20N2O4/c1-22-15-10-14(11-16(23-2)18(15)24-3)20-17(21)9-6-12-4-7-13(19)8-5-12/h4-11H,19H2,1-3H3,(H,20,21)/b9-6+. The van der Waals surface area contributed by atoms with Crippen LogP contribution in [-0.4, -0.2) is 27.2 Å². The van der Waals surface area contributed by atoms with Crippen LogP contribution in [0, 0.1) is 0 Å². The average molecular weight is 328 g/mol. The molecular formula is C18H20N2O4. The van der Waals surface area contributed by atoms with E-state index in [0.717, 1.165) is 5.56 Å². The van der Waals surface area contributed by atoms with E-state index in [-0.39, 0.29) is 5.91 Å². The van der Waals surface area contributed by atoms with Crippen molar-refractivity contribution < 1.29 is 19.0 Å². The minimum atomic E-state index is -0.277. The zero-order chi connectivity index (χ0) is 17.5. The van der Waals surface area contributed by atoms with Crippen LogP contribution in [0.4, 0.5) is 11.4 Å². The van der Waals surface area contributed by atoms with Crippen LogP contribution in [0.1, 0.15) is 5.56 Å². The fourth-order valence-corrected chi connectivity index (χ4v) is 2.12. The van der Waals surface area contributed by atoms with Crippen LogP contribution in [0.3, 0.4) is 0 Å². The largest absolute Gasteiger partial charge is 0.493 e. The zero-order valence-corrected chi connectivity index (χ0v) is 13.8. The van der Waals surface area contributed by atoms with Crippen molar-refractivity contribution >= 4 is 23.4 Å². The van der Waals surface area contributed by atoms with Gasteiger partial charge in [0.2, 0.25) is 11.7 Å². The van der Waals surface area contributed by atoms with E-state index in [0.29, 0.717) is 28.6 Å². The summed E-state index contributed by atoms with van der Waals surface area (Å²) >= 11 is 0. The molecule has 2 aromatic rings. The van der Waals surface area contributed by atoms with Crippen molar-refractivity contribution in [2.24, 2.45) is 0 Å². The highest BCUT2D eigenvalue weighted by molar-refractivity contribution is 6.02. The van der Waals surface area contributed by atoms with E-state index in [1.165, 1.54) is 27.4 Å². The zero-order valence-electron chi connectivity index (χ0n) is 13.8. The van der Waals surface area contributed by atoms with Gasteiger partial charge < -0.3 is 25.3 Å². The number of carbonyl (C=O) groups excluding carboxylic acids is 1. The molecule has 0 heterocycles. The normalized spacial score (nSPS) is 10.5. The summed E-state index contributed by atoms with van der Waals surface area (Å²) in [4.78, 5) is 12.1. The third-order valence-electron chi connectivity index (χ3n) is 3.30. The number of carbonyl (C=O) groups is 1. The molecule has 0 aliphatic carbocycles. The van der Waals surface area contributed by atoms with Gasteiger partial charge in [0.25, 0.3) is 0 Å². The maximum atomic E-state index is 12.1. The summed E-state index contributed by atoms with van der Waals surface area (Å²) < 4.78 is 15.8. The molecule has 126 valence electrons. The van der Waals surface area contributed by atoms with Gasteiger partial charge in [-0.1, -0.05) is 12.1 Å². The third kappa shape index (κ3) is 4.19. The Bertz CT molecular complexity index is 714. The van der Waals surface area contributed by atoms with Gasteiger partial charge in [0.05, 0.1) is 21.3 Å². The van der Waals surface area contributed by atoms with Gasteiger partial charge in [0.1, 0.15) is 0 Å². The fraction of sp³-hybridized carbons (Fsp3) is 0.167. The number of hydrogen-bond acceptors (Lipinski definition) is 5. The molecule has 6 heteroatoms. The number of nitrogens with two attached hydrogens (primary N) is 1. The molecule has 0 bridgehead atoms. The summed E-state index contributed by atoms with van der Waals surface area (Å²) in [7, 11) is 4.56. The Balaban J connectivity index is 2.15. The van der Waals surface area contributed by atoms with E-state index < -0.39 is 0 Å². The maximum Gasteiger partial charge on any atom is 0.248 e. The topological polar surface area (TPSA) is 82.8 Å². The van der Waals surface area contributed by atoms with Gasteiger partial charge >= 0.3 is 0 Å². The van der Waals surface area contributed by atoms with Crippen molar-refractivity contribution in [2.75, 3.05) is 32.4 Å². The summed E-state index contributed by atoms with van der Waals surface area (Å²) in [6.45, 7) is 0.